The van der Waals surface area contributed by atoms with Crippen LogP contribution in [0.3, 0.4) is 0 Å². The lowest BCUT2D eigenvalue weighted by atomic mass is 10.00. The largest absolute Gasteiger partial charge is 0.478 e. The summed E-state index contributed by atoms with van der Waals surface area (Å²) in [5, 5.41) is 17.7. The summed E-state index contributed by atoms with van der Waals surface area (Å²) in [5.41, 5.74) is 0.623. The number of piperidine rings is 1. The molecule has 2 aromatic heterocycles. The van der Waals surface area contributed by atoms with Gasteiger partial charge < -0.3 is 5.11 Å². The van der Waals surface area contributed by atoms with Gasteiger partial charge in [0, 0.05) is 12.2 Å². The van der Waals surface area contributed by atoms with Gasteiger partial charge >= 0.3 is 5.97 Å². The first-order chi connectivity index (χ1) is 10.1. The van der Waals surface area contributed by atoms with Crippen molar-refractivity contribution < 1.29 is 9.90 Å². The van der Waals surface area contributed by atoms with Gasteiger partial charge in [0.15, 0.2) is 11.5 Å². The van der Waals surface area contributed by atoms with E-state index in [1.54, 1.807) is 12.1 Å². The maximum Gasteiger partial charge on any atom is 0.339 e. The summed E-state index contributed by atoms with van der Waals surface area (Å²) in [6, 6.07) is 3.95. The Morgan fingerprint density at radius 2 is 2.19 bits per heavy atom. The average molecular weight is 288 g/mol. The van der Waals surface area contributed by atoms with Crippen molar-refractivity contribution in [3.63, 3.8) is 0 Å². The molecule has 3 rings (SSSR count). The third-order valence-electron chi connectivity index (χ3n) is 4.20. The second-order valence-electron chi connectivity index (χ2n) is 5.82. The maximum absolute atomic E-state index is 11.3. The van der Waals surface area contributed by atoms with Crippen LogP contribution in [-0.4, -0.2) is 43.2 Å². The van der Waals surface area contributed by atoms with Crippen molar-refractivity contribution in [1.82, 2.24) is 19.5 Å². The average Bonchev–Trinajstić information content (AvgIpc) is 2.90. The number of fused-ring (bicyclic) bond motifs is 1. The van der Waals surface area contributed by atoms with Crippen LogP contribution in [0.2, 0.25) is 0 Å². The van der Waals surface area contributed by atoms with Gasteiger partial charge in [-0.2, -0.15) is 0 Å². The number of likely N-dealkylation sites (tertiary alicyclic amines) is 1. The minimum Gasteiger partial charge on any atom is -0.478 e. The molecule has 0 bridgehead atoms. The van der Waals surface area contributed by atoms with E-state index in [4.69, 9.17) is 0 Å². The molecule has 1 aliphatic rings. The third-order valence-corrected chi connectivity index (χ3v) is 4.20. The summed E-state index contributed by atoms with van der Waals surface area (Å²) in [7, 11) is 0. The zero-order valence-corrected chi connectivity index (χ0v) is 12.4. The predicted octanol–water partition coefficient (Wildman–Crippen LogP) is 2.36. The predicted molar refractivity (Wildman–Crippen MR) is 78.4 cm³/mol. The van der Waals surface area contributed by atoms with Gasteiger partial charge in [-0.15, -0.1) is 10.2 Å². The van der Waals surface area contributed by atoms with Crippen molar-refractivity contribution in [2.45, 2.75) is 45.2 Å². The van der Waals surface area contributed by atoms with Gasteiger partial charge in [0.05, 0.1) is 6.04 Å². The molecule has 1 saturated heterocycles. The van der Waals surface area contributed by atoms with Crippen molar-refractivity contribution in [1.29, 1.82) is 0 Å². The van der Waals surface area contributed by atoms with E-state index in [0.29, 0.717) is 11.7 Å². The maximum atomic E-state index is 11.3. The number of rotatable bonds is 3. The van der Waals surface area contributed by atoms with Crippen LogP contribution >= 0.6 is 0 Å². The van der Waals surface area contributed by atoms with Crippen molar-refractivity contribution in [3.8, 4) is 0 Å². The molecule has 21 heavy (non-hydrogen) atoms. The molecule has 112 valence electrons. The van der Waals surface area contributed by atoms with Crippen molar-refractivity contribution in [3.05, 3.63) is 29.7 Å². The molecule has 0 spiro atoms. The monoisotopic (exact) mass is 288 g/mol. The minimum absolute atomic E-state index is 0.197. The van der Waals surface area contributed by atoms with E-state index in [1.165, 1.54) is 12.8 Å². The summed E-state index contributed by atoms with van der Waals surface area (Å²) < 4.78 is 1.83. The topological polar surface area (TPSA) is 70.7 Å². The molecule has 2 aromatic rings. The van der Waals surface area contributed by atoms with Crippen molar-refractivity contribution >= 4 is 11.6 Å². The molecule has 1 atom stereocenters. The SMILES string of the molecule is CC(C)N1CCCCC1c1nnc2c(C(=O)O)cccn12. The highest BCUT2D eigenvalue weighted by Gasteiger charge is 2.30. The smallest absolute Gasteiger partial charge is 0.339 e. The van der Waals surface area contributed by atoms with Gasteiger partial charge in [0.25, 0.3) is 0 Å². The third kappa shape index (κ3) is 2.40. The molecule has 0 radical (unpaired) electrons. The Morgan fingerprint density at radius 3 is 2.90 bits per heavy atom. The van der Waals surface area contributed by atoms with E-state index in [2.05, 4.69) is 28.9 Å². The minimum atomic E-state index is -0.969. The number of aromatic carboxylic acids is 1. The number of carboxylic acids is 1. The fourth-order valence-electron chi connectivity index (χ4n) is 3.18. The van der Waals surface area contributed by atoms with Gasteiger partial charge in [0.2, 0.25) is 0 Å². The first kappa shape index (κ1) is 14.0. The number of hydrogen-bond donors (Lipinski definition) is 1. The van der Waals surface area contributed by atoms with Gasteiger partial charge in [0.1, 0.15) is 5.56 Å². The van der Waals surface area contributed by atoms with Crippen LogP contribution < -0.4 is 0 Å². The van der Waals surface area contributed by atoms with Gasteiger partial charge in [-0.05, 0) is 45.4 Å². The lowest BCUT2D eigenvalue weighted by molar-refractivity contribution is 0.0698. The molecule has 1 unspecified atom stereocenters. The molecule has 6 nitrogen and oxygen atoms in total. The molecular formula is C15H20N4O2. The van der Waals surface area contributed by atoms with Crippen molar-refractivity contribution in [2.75, 3.05) is 6.54 Å². The van der Waals surface area contributed by atoms with Crippen LogP contribution in [0.4, 0.5) is 0 Å². The highest BCUT2D eigenvalue weighted by Crippen LogP contribution is 2.31. The van der Waals surface area contributed by atoms with Gasteiger partial charge in [-0.3, -0.25) is 9.30 Å². The fourth-order valence-corrected chi connectivity index (χ4v) is 3.18. The number of nitrogens with zero attached hydrogens (tertiary/aromatic N) is 4. The molecule has 0 aromatic carbocycles. The second kappa shape index (κ2) is 5.44. The Bertz CT molecular complexity index is 665. The van der Waals surface area contributed by atoms with E-state index in [1.807, 2.05) is 10.6 Å². The molecule has 1 N–H and O–H groups in total. The van der Waals surface area contributed by atoms with E-state index in [9.17, 15) is 9.90 Å². The Labute approximate surface area is 123 Å². The van der Waals surface area contributed by atoms with Crippen LogP contribution in [-0.2, 0) is 0 Å². The number of hydrogen-bond acceptors (Lipinski definition) is 4. The number of carboxylic acid groups (broad SMARTS) is 1. The molecular weight excluding hydrogens is 268 g/mol. The summed E-state index contributed by atoms with van der Waals surface area (Å²) in [6.45, 7) is 5.42. The lowest BCUT2D eigenvalue weighted by Gasteiger charge is -2.37. The van der Waals surface area contributed by atoms with Crippen LogP contribution in [0.5, 0.6) is 0 Å². The summed E-state index contributed by atoms with van der Waals surface area (Å²) in [5.74, 6) is -0.120. The Morgan fingerprint density at radius 1 is 1.38 bits per heavy atom. The Kier molecular flexibility index (Phi) is 3.63. The molecule has 6 heteroatoms. The van der Waals surface area contributed by atoms with Crippen LogP contribution in [0.1, 0.15) is 55.3 Å². The number of carbonyl (C=O) groups is 1. The molecule has 3 heterocycles. The van der Waals surface area contributed by atoms with Gasteiger partial charge in [-0.25, -0.2) is 4.79 Å². The Hall–Kier alpha value is -1.95. The van der Waals surface area contributed by atoms with E-state index < -0.39 is 5.97 Å². The highest BCUT2D eigenvalue weighted by atomic mass is 16.4. The molecule has 0 aliphatic carbocycles. The molecule has 0 amide bonds. The first-order valence-electron chi connectivity index (χ1n) is 7.42. The molecule has 0 saturated carbocycles. The number of aromatic nitrogens is 3. The fraction of sp³-hybridized carbons (Fsp3) is 0.533. The van der Waals surface area contributed by atoms with Gasteiger partial charge in [-0.1, -0.05) is 6.42 Å². The Balaban J connectivity index is 2.08. The summed E-state index contributed by atoms with van der Waals surface area (Å²) in [6.07, 6.45) is 5.26. The van der Waals surface area contributed by atoms with Crippen LogP contribution in [0.15, 0.2) is 18.3 Å². The zero-order valence-electron chi connectivity index (χ0n) is 12.4. The van der Waals surface area contributed by atoms with E-state index in [0.717, 1.165) is 18.8 Å². The summed E-state index contributed by atoms with van der Waals surface area (Å²) >= 11 is 0. The second-order valence-corrected chi connectivity index (χ2v) is 5.82. The highest BCUT2D eigenvalue weighted by molar-refractivity contribution is 5.94. The lowest BCUT2D eigenvalue weighted by Crippen LogP contribution is -2.39. The summed E-state index contributed by atoms with van der Waals surface area (Å²) in [4.78, 5) is 13.7. The van der Waals surface area contributed by atoms with Crippen molar-refractivity contribution in [2.24, 2.45) is 0 Å². The molecule has 1 fully saturated rings. The molecule has 1 aliphatic heterocycles. The van der Waals surface area contributed by atoms with E-state index >= 15 is 0 Å². The first-order valence-corrected chi connectivity index (χ1v) is 7.42. The normalized spacial score (nSPS) is 20.2. The number of pyridine rings is 1. The van der Waals surface area contributed by atoms with Crippen LogP contribution in [0, 0.1) is 0 Å². The van der Waals surface area contributed by atoms with Crippen LogP contribution in [0.25, 0.3) is 5.65 Å². The van der Waals surface area contributed by atoms with E-state index in [-0.39, 0.29) is 11.6 Å². The standard InChI is InChI=1S/C15H20N4O2/c1-10(2)18-8-4-3-7-12(18)14-17-16-13-11(15(20)21)6-5-9-19(13)14/h5-6,9-10,12H,3-4,7-8H2,1-2H3,(H,20,21). The quantitative estimate of drug-likeness (QED) is 0.938. The zero-order chi connectivity index (χ0) is 15.0.